The van der Waals surface area contributed by atoms with E-state index in [0.717, 1.165) is 6.54 Å². The second kappa shape index (κ2) is 6.24. The third-order valence-electron chi connectivity index (χ3n) is 3.51. The highest BCUT2D eigenvalue weighted by Gasteiger charge is 2.34. The number of halogens is 1. The first-order chi connectivity index (χ1) is 9.49. The average Bonchev–Trinajstić information content (AvgIpc) is 2.81. The first-order valence-electron chi connectivity index (χ1n) is 6.48. The van der Waals surface area contributed by atoms with Gasteiger partial charge in [-0.15, -0.1) is 0 Å². The van der Waals surface area contributed by atoms with Gasteiger partial charge in [0, 0.05) is 17.3 Å². The summed E-state index contributed by atoms with van der Waals surface area (Å²) in [6, 6.07) is 6.69. The van der Waals surface area contributed by atoms with Gasteiger partial charge in [-0.3, -0.25) is 9.59 Å². The van der Waals surface area contributed by atoms with Crippen LogP contribution in [0.3, 0.4) is 0 Å². The van der Waals surface area contributed by atoms with Gasteiger partial charge in [-0.2, -0.15) is 0 Å². The van der Waals surface area contributed by atoms with Crippen LogP contribution in [0.5, 0.6) is 0 Å². The topological polar surface area (TPSA) is 69.6 Å². The minimum atomic E-state index is -1.04. The number of benzene rings is 1. The fourth-order valence-electron chi connectivity index (χ4n) is 2.42. The van der Waals surface area contributed by atoms with Gasteiger partial charge in [0.15, 0.2) is 0 Å². The van der Waals surface area contributed by atoms with Crippen molar-refractivity contribution in [3.8, 4) is 0 Å². The Bertz CT molecular complexity index is 521. The molecule has 1 amide bonds. The molecule has 0 bridgehead atoms. The Morgan fingerprint density at radius 1 is 1.45 bits per heavy atom. The maximum atomic E-state index is 12.6. The number of rotatable bonds is 4. The van der Waals surface area contributed by atoms with E-state index in [9.17, 15) is 9.59 Å². The van der Waals surface area contributed by atoms with Gasteiger partial charge in [0.1, 0.15) is 6.54 Å². The van der Waals surface area contributed by atoms with Gasteiger partial charge < -0.3 is 15.3 Å². The van der Waals surface area contributed by atoms with Crippen LogP contribution in [0.25, 0.3) is 0 Å². The van der Waals surface area contributed by atoms with Crippen molar-refractivity contribution in [1.29, 1.82) is 0 Å². The predicted molar refractivity (Wildman–Crippen MR) is 77.0 cm³/mol. The molecule has 0 saturated carbocycles. The predicted octanol–water partition coefficient (Wildman–Crippen LogP) is 1.61. The number of nitrogens with one attached hydrogen (secondary N) is 1. The van der Waals surface area contributed by atoms with Gasteiger partial charge >= 0.3 is 5.97 Å². The number of anilines is 1. The first kappa shape index (κ1) is 14.8. The fourth-order valence-corrected chi connectivity index (χ4v) is 2.60. The van der Waals surface area contributed by atoms with E-state index < -0.39 is 5.97 Å². The van der Waals surface area contributed by atoms with Crippen LogP contribution in [0.1, 0.15) is 6.92 Å². The Balaban J connectivity index is 2.27. The smallest absolute Gasteiger partial charge is 0.323 e. The SMILES string of the molecule is CC1CNCC1C(=O)N(CC(=O)O)c1cccc(Cl)c1. The molecule has 0 spiro atoms. The van der Waals surface area contributed by atoms with E-state index in [1.807, 2.05) is 6.92 Å². The quantitative estimate of drug-likeness (QED) is 0.886. The van der Waals surface area contributed by atoms with E-state index in [0.29, 0.717) is 17.3 Å². The number of carbonyl (C=O) groups excluding carboxylic acids is 1. The van der Waals surface area contributed by atoms with Gasteiger partial charge in [0.2, 0.25) is 5.91 Å². The molecule has 1 saturated heterocycles. The van der Waals surface area contributed by atoms with Gasteiger partial charge in [0.25, 0.3) is 0 Å². The lowest BCUT2D eigenvalue weighted by Gasteiger charge is -2.25. The second-order valence-corrected chi connectivity index (χ2v) is 5.48. The molecule has 0 radical (unpaired) electrons. The van der Waals surface area contributed by atoms with Crippen molar-refractivity contribution in [3.05, 3.63) is 29.3 Å². The molecule has 1 fully saturated rings. The molecule has 2 atom stereocenters. The fraction of sp³-hybridized carbons (Fsp3) is 0.429. The van der Waals surface area contributed by atoms with Crippen LogP contribution in [0.2, 0.25) is 5.02 Å². The molecule has 1 aliphatic rings. The van der Waals surface area contributed by atoms with Crippen LogP contribution >= 0.6 is 11.6 Å². The molecule has 1 aliphatic heterocycles. The number of nitrogens with zero attached hydrogens (tertiary/aromatic N) is 1. The molecule has 6 heteroatoms. The molecule has 2 N–H and O–H groups in total. The maximum Gasteiger partial charge on any atom is 0.323 e. The lowest BCUT2D eigenvalue weighted by Crippen LogP contribution is -2.42. The molecule has 1 aromatic rings. The largest absolute Gasteiger partial charge is 0.480 e. The molecule has 108 valence electrons. The molecule has 1 aromatic carbocycles. The molecule has 0 aromatic heterocycles. The van der Waals surface area contributed by atoms with Crippen molar-refractivity contribution in [1.82, 2.24) is 5.32 Å². The first-order valence-corrected chi connectivity index (χ1v) is 6.86. The summed E-state index contributed by atoms with van der Waals surface area (Å²) in [7, 11) is 0. The molecule has 0 aliphatic carbocycles. The number of hydrogen-bond donors (Lipinski definition) is 2. The standard InChI is InChI=1S/C14H17ClN2O3/c1-9-6-16-7-12(9)14(20)17(8-13(18)19)11-4-2-3-10(15)5-11/h2-5,9,12,16H,6-8H2,1H3,(H,18,19). The third-order valence-corrected chi connectivity index (χ3v) is 3.75. The average molecular weight is 297 g/mol. The van der Waals surface area contributed by atoms with Crippen LogP contribution in [-0.4, -0.2) is 36.6 Å². The molecule has 5 nitrogen and oxygen atoms in total. The Hall–Kier alpha value is -1.59. The van der Waals surface area contributed by atoms with Crippen molar-refractivity contribution >= 4 is 29.2 Å². The second-order valence-electron chi connectivity index (χ2n) is 5.04. The molecule has 20 heavy (non-hydrogen) atoms. The molecule has 2 rings (SSSR count). The van der Waals surface area contributed by atoms with E-state index in [4.69, 9.17) is 16.7 Å². The van der Waals surface area contributed by atoms with E-state index in [1.54, 1.807) is 24.3 Å². The van der Waals surface area contributed by atoms with Gasteiger partial charge in [0.05, 0.1) is 5.92 Å². The molecular formula is C14H17ClN2O3. The summed E-state index contributed by atoms with van der Waals surface area (Å²) in [5, 5.41) is 12.7. The highest BCUT2D eigenvalue weighted by atomic mass is 35.5. The Labute approximate surface area is 122 Å². The van der Waals surface area contributed by atoms with Crippen LogP contribution in [-0.2, 0) is 9.59 Å². The van der Waals surface area contributed by atoms with Crippen molar-refractivity contribution in [2.45, 2.75) is 6.92 Å². The zero-order valence-corrected chi connectivity index (χ0v) is 11.9. The van der Waals surface area contributed by atoms with E-state index in [-0.39, 0.29) is 24.3 Å². The minimum Gasteiger partial charge on any atom is -0.480 e. The highest BCUT2D eigenvalue weighted by Crippen LogP contribution is 2.25. The van der Waals surface area contributed by atoms with Gasteiger partial charge in [-0.1, -0.05) is 24.6 Å². The summed E-state index contributed by atoms with van der Waals surface area (Å²) in [4.78, 5) is 24.9. The van der Waals surface area contributed by atoms with Gasteiger partial charge in [-0.25, -0.2) is 0 Å². The number of amides is 1. The van der Waals surface area contributed by atoms with Crippen LogP contribution in [0, 0.1) is 11.8 Å². The summed E-state index contributed by atoms with van der Waals surface area (Å²) in [5.41, 5.74) is 0.518. The van der Waals surface area contributed by atoms with E-state index in [1.165, 1.54) is 4.90 Å². The van der Waals surface area contributed by atoms with Crippen molar-refractivity contribution in [2.75, 3.05) is 24.5 Å². The summed E-state index contributed by atoms with van der Waals surface area (Å²) in [6.07, 6.45) is 0. The van der Waals surface area contributed by atoms with E-state index in [2.05, 4.69) is 5.32 Å². The zero-order chi connectivity index (χ0) is 14.7. The van der Waals surface area contributed by atoms with Crippen LogP contribution < -0.4 is 10.2 Å². The van der Waals surface area contributed by atoms with Crippen molar-refractivity contribution in [2.24, 2.45) is 11.8 Å². The summed E-state index contributed by atoms with van der Waals surface area (Å²) < 4.78 is 0. The number of carbonyl (C=O) groups is 2. The number of carboxylic acid groups (broad SMARTS) is 1. The minimum absolute atomic E-state index is 0.174. The van der Waals surface area contributed by atoms with Crippen molar-refractivity contribution in [3.63, 3.8) is 0 Å². The summed E-state index contributed by atoms with van der Waals surface area (Å²) in [6.45, 7) is 2.98. The lowest BCUT2D eigenvalue weighted by molar-refractivity contribution is -0.137. The Kier molecular flexibility index (Phi) is 4.62. The van der Waals surface area contributed by atoms with E-state index >= 15 is 0 Å². The van der Waals surface area contributed by atoms with Crippen LogP contribution in [0.15, 0.2) is 24.3 Å². The molecular weight excluding hydrogens is 280 g/mol. The normalized spacial score (nSPS) is 21.7. The van der Waals surface area contributed by atoms with Gasteiger partial charge in [-0.05, 0) is 30.7 Å². The molecule has 1 heterocycles. The number of hydrogen-bond acceptors (Lipinski definition) is 3. The Morgan fingerprint density at radius 3 is 2.75 bits per heavy atom. The third kappa shape index (κ3) is 3.29. The zero-order valence-electron chi connectivity index (χ0n) is 11.2. The molecule has 2 unspecified atom stereocenters. The lowest BCUT2D eigenvalue weighted by atomic mass is 9.96. The van der Waals surface area contributed by atoms with Crippen molar-refractivity contribution < 1.29 is 14.7 Å². The van der Waals surface area contributed by atoms with Crippen LogP contribution in [0.4, 0.5) is 5.69 Å². The highest BCUT2D eigenvalue weighted by molar-refractivity contribution is 6.31. The number of carboxylic acids is 1. The maximum absolute atomic E-state index is 12.6. The number of aliphatic carboxylic acids is 1. The monoisotopic (exact) mass is 296 g/mol. The summed E-state index contributed by atoms with van der Waals surface area (Å²) in [5.74, 6) is -1.23. The Morgan fingerprint density at radius 2 is 2.20 bits per heavy atom. The summed E-state index contributed by atoms with van der Waals surface area (Å²) >= 11 is 5.92.